The highest BCUT2D eigenvalue weighted by molar-refractivity contribution is 9.10. The number of aromatic nitrogens is 2. The van der Waals surface area contributed by atoms with Crippen molar-refractivity contribution in [2.75, 3.05) is 0 Å². The first kappa shape index (κ1) is 9.62. The van der Waals surface area contributed by atoms with Crippen LogP contribution in [-0.4, -0.2) is 9.97 Å². The molecule has 0 saturated carbocycles. The SMILES string of the molecule is Clc1cccc(-c2cnc(Br)cn2)c1. The van der Waals surface area contributed by atoms with E-state index in [2.05, 4.69) is 25.9 Å². The van der Waals surface area contributed by atoms with Gasteiger partial charge < -0.3 is 0 Å². The van der Waals surface area contributed by atoms with Crippen molar-refractivity contribution < 1.29 is 0 Å². The van der Waals surface area contributed by atoms with Gasteiger partial charge in [0.15, 0.2) is 0 Å². The summed E-state index contributed by atoms with van der Waals surface area (Å²) in [6.07, 6.45) is 3.37. The number of hydrogen-bond donors (Lipinski definition) is 0. The quantitative estimate of drug-likeness (QED) is 0.791. The van der Waals surface area contributed by atoms with Crippen LogP contribution < -0.4 is 0 Å². The molecule has 0 spiro atoms. The van der Waals surface area contributed by atoms with Crippen molar-refractivity contribution in [1.29, 1.82) is 0 Å². The van der Waals surface area contributed by atoms with Crippen LogP contribution in [0, 0.1) is 0 Å². The minimum atomic E-state index is 0.701. The fraction of sp³-hybridized carbons (Fsp3) is 0. The van der Waals surface area contributed by atoms with Crippen LogP contribution in [-0.2, 0) is 0 Å². The third-order valence-electron chi connectivity index (χ3n) is 1.74. The monoisotopic (exact) mass is 268 g/mol. The molecule has 0 bridgehead atoms. The zero-order chi connectivity index (χ0) is 9.97. The van der Waals surface area contributed by atoms with Crippen LogP contribution in [0.5, 0.6) is 0 Å². The smallest absolute Gasteiger partial charge is 0.124 e. The van der Waals surface area contributed by atoms with Crippen LogP contribution in [0.1, 0.15) is 0 Å². The van der Waals surface area contributed by atoms with E-state index in [0.29, 0.717) is 5.02 Å². The van der Waals surface area contributed by atoms with Gasteiger partial charge in [0.1, 0.15) is 4.60 Å². The fourth-order valence-corrected chi connectivity index (χ4v) is 1.50. The van der Waals surface area contributed by atoms with Gasteiger partial charge in [-0.25, -0.2) is 4.98 Å². The fourth-order valence-electron chi connectivity index (χ4n) is 1.11. The van der Waals surface area contributed by atoms with Gasteiger partial charge >= 0.3 is 0 Å². The van der Waals surface area contributed by atoms with Gasteiger partial charge in [0, 0.05) is 10.6 Å². The maximum atomic E-state index is 5.87. The summed E-state index contributed by atoms with van der Waals surface area (Å²) in [7, 11) is 0. The molecule has 70 valence electrons. The first-order valence-electron chi connectivity index (χ1n) is 3.99. The Balaban J connectivity index is 2.44. The zero-order valence-corrected chi connectivity index (χ0v) is 9.46. The Morgan fingerprint density at radius 3 is 2.64 bits per heavy atom. The number of halogens is 2. The first-order valence-corrected chi connectivity index (χ1v) is 5.16. The predicted octanol–water partition coefficient (Wildman–Crippen LogP) is 3.56. The summed E-state index contributed by atoms with van der Waals surface area (Å²) in [6, 6.07) is 7.53. The molecule has 4 heteroatoms. The average molecular weight is 270 g/mol. The molecule has 0 unspecified atom stereocenters. The molecule has 0 aliphatic carbocycles. The van der Waals surface area contributed by atoms with Crippen molar-refractivity contribution in [3.8, 4) is 11.3 Å². The van der Waals surface area contributed by atoms with Crippen molar-refractivity contribution in [3.05, 3.63) is 46.3 Å². The minimum Gasteiger partial charge on any atom is -0.252 e. The normalized spacial score (nSPS) is 10.1. The molecule has 0 saturated heterocycles. The minimum absolute atomic E-state index is 0.701. The second kappa shape index (κ2) is 4.07. The molecule has 2 aromatic rings. The second-order valence-electron chi connectivity index (χ2n) is 2.73. The van der Waals surface area contributed by atoms with Crippen LogP contribution in [0.3, 0.4) is 0 Å². The van der Waals surface area contributed by atoms with Crippen LogP contribution >= 0.6 is 27.5 Å². The predicted molar refractivity (Wildman–Crippen MR) is 60.2 cm³/mol. The summed E-state index contributed by atoms with van der Waals surface area (Å²) in [5, 5.41) is 0.701. The standard InChI is InChI=1S/C10H6BrClN2/c11-10-6-13-9(5-14-10)7-2-1-3-8(12)4-7/h1-6H. The lowest BCUT2D eigenvalue weighted by atomic mass is 10.2. The molecule has 0 aliphatic heterocycles. The second-order valence-corrected chi connectivity index (χ2v) is 3.98. The Bertz CT molecular complexity index is 442. The molecule has 1 aromatic carbocycles. The first-order chi connectivity index (χ1) is 6.75. The summed E-state index contributed by atoms with van der Waals surface area (Å²) in [6.45, 7) is 0. The molecule has 14 heavy (non-hydrogen) atoms. The van der Waals surface area contributed by atoms with E-state index in [4.69, 9.17) is 11.6 Å². The van der Waals surface area contributed by atoms with E-state index in [0.717, 1.165) is 15.9 Å². The topological polar surface area (TPSA) is 25.8 Å². The maximum absolute atomic E-state index is 5.87. The highest BCUT2D eigenvalue weighted by Gasteiger charge is 1.99. The lowest BCUT2D eigenvalue weighted by Gasteiger charge is -2.00. The summed E-state index contributed by atoms with van der Waals surface area (Å²) >= 11 is 9.10. The van der Waals surface area contributed by atoms with Gasteiger partial charge in [0.2, 0.25) is 0 Å². The largest absolute Gasteiger partial charge is 0.252 e. The van der Waals surface area contributed by atoms with Gasteiger partial charge in [0.05, 0.1) is 18.1 Å². The van der Waals surface area contributed by atoms with E-state index in [1.54, 1.807) is 12.4 Å². The number of nitrogens with zero attached hydrogens (tertiary/aromatic N) is 2. The molecule has 0 radical (unpaired) electrons. The third kappa shape index (κ3) is 2.11. The van der Waals surface area contributed by atoms with E-state index in [9.17, 15) is 0 Å². The highest BCUT2D eigenvalue weighted by Crippen LogP contribution is 2.20. The molecule has 1 aromatic heterocycles. The molecule has 0 atom stereocenters. The van der Waals surface area contributed by atoms with Gasteiger partial charge in [-0.3, -0.25) is 4.98 Å². The average Bonchev–Trinajstić information content (AvgIpc) is 2.19. The number of benzene rings is 1. The Morgan fingerprint density at radius 2 is 2.00 bits per heavy atom. The van der Waals surface area contributed by atoms with E-state index >= 15 is 0 Å². The zero-order valence-electron chi connectivity index (χ0n) is 7.11. The molecule has 0 amide bonds. The van der Waals surface area contributed by atoms with Gasteiger partial charge in [0.25, 0.3) is 0 Å². The molecular weight excluding hydrogens is 263 g/mol. The Morgan fingerprint density at radius 1 is 1.14 bits per heavy atom. The van der Waals surface area contributed by atoms with Crippen LogP contribution in [0.2, 0.25) is 5.02 Å². The van der Waals surface area contributed by atoms with Crippen LogP contribution in [0.15, 0.2) is 41.3 Å². The van der Waals surface area contributed by atoms with Crippen molar-refractivity contribution in [3.63, 3.8) is 0 Å². The summed E-state index contributed by atoms with van der Waals surface area (Å²) in [4.78, 5) is 8.32. The highest BCUT2D eigenvalue weighted by atomic mass is 79.9. The van der Waals surface area contributed by atoms with E-state index in [-0.39, 0.29) is 0 Å². The molecule has 1 heterocycles. The van der Waals surface area contributed by atoms with E-state index < -0.39 is 0 Å². The Kier molecular flexibility index (Phi) is 2.79. The van der Waals surface area contributed by atoms with Gasteiger partial charge in [-0.15, -0.1) is 0 Å². The molecule has 0 aliphatic rings. The molecule has 0 N–H and O–H groups in total. The third-order valence-corrected chi connectivity index (χ3v) is 2.39. The maximum Gasteiger partial charge on any atom is 0.124 e. The van der Waals surface area contributed by atoms with Crippen molar-refractivity contribution in [2.45, 2.75) is 0 Å². The van der Waals surface area contributed by atoms with Crippen molar-refractivity contribution in [1.82, 2.24) is 9.97 Å². The van der Waals surface area contributed by atoms with Crippen molar-refractivity contribution in [2.24, 2.45) is 0 Å². The van der Waals surface area contributed by atoms with Gasteiger partial charge in [-0.05, 0) is 28.1 Å². The van der Waals surface area contributed by atoms with Crippen LogP contribution in [0.25, 0.3) is 11.3 Å². The number of rotatable bonds is 1. The molecular formula is C10H6BrClN2. The van der Waals surface area contributed by atoms with Gasteiger partial charge in [-0.1, -0.05) is 23.7 Å². The van der Waals surface area contributed by atoms with Crippen LogP contribution in [0.4, 0.5) is 0 Å². The lowest BCUT2D eigenvalue weighted by molar-refractivity contribution is 1.17. The molecule has 0 fully saturated rings. The van der Waals surface area contributed by atoms with Gasteiger partial charge in [-0.2, -0.15) is 0 Å². The number of hydrogen-bond acceptors (Lipinski definition) is 2. The summed E-state index contributed by atoms with van der Waals surface area (Å²) in [5.41, 5.74) is 1.79. The lowest BCUT2D eigenvalue weighted by Crippen LogP contribution is -1.85. The van der Waals surface area contributed by atoms with Crippen molar-refractivity contribution >= 4 is 27.5 Å². The Hall–Kier alpha value is -0.930. The van der Waals surface area contributed by atoms with E-state index in [1.807, 2.05) is 24.3 Å². The van der Waals surface area contributed by atoms with E-state index in [1.165, 1.54) is 0 Å². The summed E-state index contributed by atoms with van der Waals surface area (Å²) in [5.74, 6) is 0. The summed E-state index contributed by atoms with van der Waals surface area (Å²) < 4.78 is 0.725. The molecule has 2 rings (SSSR count). The molecule has 2 nitrogen and oxygen atoms in total. The Labute approximate surface area is 95.1 Å².